The fourth-order valence-corrected chi connectivity index (χ4v) is 4.11. The molecular formula is C23H32ClN3O2. The van der Waals surface area contributed by atoms with Crippen LogP contribution in [-0.2, 0) is 17.8 Å². The number of hydrogen-bond donors (Lipinski definition) is 1. The maximum atomic E-state index is 13.0. The topological polar surface area (TPSA) is 46.5 Å². The van der Waals surface area contributed by atoms with Gasteiger partial charge < -0.3 is 19.5 Å². The molecule has 0 unspecified atom stereocenters. The Bertz CT molecular complexity index is 771. The van der Waals surface area contributed by atoms with E-state index in [1.165, 1.54) is 19.3 Å². The lowest BCUT2D eigenvalue weighted by atomic mass is 9.96. The monoisotopic (exact) mass is 417 g/mol. The van der Waals surface area contributed by atoms with Gasteiger partial charge in [0.2, 0.25) is 0 Å². The van der Waals surface area contributed by atoms with Gasteiger partial charge in [-0.1, -0.05) is 49.1 Å². The van der Waals surface area contributed by atoms with Crippen LogP contribution in [0.15, 0.2) is 42.6 Å². The zero-order valence-electron chi connectivity index (χ0n) is 17.3. The van der Waals surface area contributed by atoms with Gasteiger partial charge in [0.1, 0.15) is 0 Å². The maximum Gasteiger partial charge on any atom is 0.317 e. The van der Waals surface area contributed by atoms with Crippen LogP contribution in [-0.4, -0.2) is 41.8 Å². The van der Waals surface area contributed by atoms with Gasteiger partial charge >= 0.3 is 6.03 Å². The van der Waals surface area contributed by atoms with E-state index in [9.17, 15) is 4.79 Å². The number of aromatic nitrogens is 1. The average molecular weight is 418 g/mol. The Morgan fingerprint density at radius 3 is 2.76 bits per heavy atom. The van der Waals surface area contributed by atoms with Crippen molar-refractivity contribution in [2.45, 2.75) is 57.7 Å². The quantitative estimate of drug-likeness (QED) is 0.579. The molecule has 2 amide bonds. The standard InChI is InChI=1S/C23H32ClN3O2/c1-29-16-8-15-27(23(28)25-20-10-3-2-4-11-20)18-21-12-7-14-26(21)17-19-9-5-6-13-22(19)24/h5-7,9,12-14,20H,2-4,8,10-11,15-18H2,1H3,(H,25,28). The Morgan fingerprint density at radius 2 is 2.00 bits per heavy atom. The van der Waals surface area contributed by atoms with Crippen LogP contribution in [0.2, 0.25) is 5.02 Å². The Labute approximate surface area is 179 Å². The van der Waals surface area contributed by atoms with Crippen LogP contribution in [0.3, 0.4) is 0 Å². The van der Waals surface area contributed by atoms with Crippen LogP contribution in [0.1, 0.15) is 49.8 Å². The number of methoxy groups -OCH3 is 1. The summed E-state index contributed by atoms with van der Waals surface area (Å²) in [7, 11) is 1.70. The highest BCUT2D eigenvalue weighted by atomic mass is 35.5. The van der Waals surface area contributed by atoms with Crippen molar-refractivity contribution in [1.82, 2.24) is 14.8 Å². The van der Waals surface area contributed by atoms with Crippen LogP contribution in [0.5, 0.6) is 0 Å². The van der Waals surface area contributed by atoms with E-state index in [0.29, 0.717) is 32.3 Å². The van der Waals surface area contributed by atoms with Gasteiger partial charge in [-0.05, 0) is 43.0 Å². The molecule has 1 aliphatic rings. The molecule has 0 aliphatic heterocycles. The zero-order valence-corrected chi connectivity index (χ0v) is 18.0. The fourth-order valence-electron chi connectivity index (χ4n) is 3.92. The third kappa shape index (κ3) is 6.51. The number of amides is 2. The first-order chi connectivity index (χ1) is 14.2. The van der Waals surface area contributed by atoms with Gasteiger partial charge in [0.05, 0.1) is 6.54 Å². The Balaban J connectivity index is 1.67. The number of carbonyl (C=O) groups excluding carboxylic acids is 1. The second kappa shape index (κ2) is 11.3. The number of rotatable bonds is 9. The number of nitrogens with zero attached hydrogens (tertiary/aromatic N) is 2. The highest BCUT2D eigenvalue weighted by molar-refractivity contribution is 6.31. The van der Waals surface area contributed by atoms with Gasteiger partial charge in [-0.3, -0.25) is 0 Å². The van der Waals surface area contributed by atoms with Gasteiger partial charge in [-0.15, -0.1) is 0 Å². The first-order valence-corrected chi connectivity index (χ1v) is 11.0. The molecule has 5 nitrogen and oxygen atoms in total. The molecular weight excluding hydrogens is 386 g/mol. The summed E-state index contributed by atoms with van der Waals surface area (Å²) in [6.45, 7) is 2.58. The third-order valence-electron chi connectivity index (χ3n) is 5.57. The minimum absolute atomic E-state index is 0.0264. The second-order valence-corrected chi connectivity index (χ2v) is 8.18. The lowest BCUT2D eigenvalue weighted by Gasteiger charge is -2.29. The fraction of sp³-hybridized carbons (Fsp3) is 0.522. The molecule has 2 aromatic rings. The first kappa shape index (κ1) is 21.7. The van der Waals surface area contributed by atoms with Gasteiger partial charge in [0, 0.05) is 49.8 Å². The molecule has 0 atom stereocenters. The van der Waals surface area contributed by atoms with Crippen molar-refractivity contribution in [3.8, 4) is 0 Å². The van der Waals surface area contributed by atoms with E-state index in [1.54, 1.807) is 7.11 Å². The summed E-state index contributed by atoms with van der Waals surface area (Å²) in [6, 6.07) is 12.3. The molecule has 1 heterocycles. The second-order valence-electron chi connectivity index (χ2n) is 7.77. The van der Waals surface area contributed by atoms with Crippen molar-refractivity contribution in [3.63, 3.8) is 0 Å². The number of carbonyl (C=O) groups is 1. The summed E-state index contributed by atoms with van der Waals surface area (Å²) < 4.78 is 7.36. The molecule has 0 radical (unpaired) electrons. The van der Waals surface area contributed by atoms with E-state index in [1.807, 2.05) is 41.4 Å². The average Bonchev–Trinajstić information content (AvgIpc) is 3.16. The number of ether oxygens (including phenoxy) is 1. The Kier molecular flexibility index (Phi) is 8.44. The smallest absolute Gasteiger partial charge is 0.317 e. The maximum absolute atomic E-state index is 13.0. The zero-order chi connectivity index (χ0) is 20.5. The predicted octanol–water partition coefficient (Wildman–Crippen LogP) is 5.07. The number of halogens is 1. The van der Waals surface area contributed by atoms with Gasteiger partial charge in [-0.2, -0.15) is 0 Å². The lowest BCUT2D eigenvalue weighted by molar-refractivity contribution is 0.161. The molecule has 6 heteroatoms. The van der Waals surface area contributed by atoms with E-state index in [-0.39, 0.29) is 6.03 Å². The number of urea groups is 1. The van der Waals surface area contributed by atoms with E-state index in [4.69, 9.17) is 16.3 Å². The third-order valence-corrected chi connectivity index (χ3v) is 5.94. The molecule has 29 heavy (non-hydrogen) atoms. The van der Waals surface area contributed by atoms with E-state index in [0.717, 1.165) is 35.5 Å². The number of nitrogens with one attached hydrogen (secondary N) is 1. The van der Waals surface area contributed by atoms with Crippen LogP contribution in [0.25, 0.3) is 0 Å². The van der Waals surface area contributed by atoms with Crippen molar-refractivity contribution in [2.75, 3.05) is 20.3 Å². The van der Waals surface area contributed by atoms with Crippen LogP contribution >= 0.6 is 11.6 Å². The normalized spacial score (nSPS) is 14.7. The summed E-state index contributed by atoms with van der Waals surface area (Å²) in [5.74, 6) is 0. The minimum atomic E-state index is 0.0264. The molecule has 1 saturated carbocycles. The molecule has 1 fully saturated rings. The van der Waals surface area contributed by atoms with Crippen LogP contribution in [0, 0.1) is 0 Å². The van der Waals surface area contributed by atoms with Crippen molar-refractivity contribution in [3.05, 3.63) is 58.9 Å². The van der Waals surface area contributed by atoms with Crippen LogP contribution < -0.4 is 5.32 Å². The first-order valence-electron chi connectivity index (χ1n) is 10.6. The number of hydrogen-bond acceptors (Lipinski definition) is 2. The lowest BCUT2D eigenvalue weighted by Crippen LogP contribution is -2.45. The molecule has 0 saturated heterocycles. The molecule has 3 rings (SSSR count). The van der Waals surface area contributed by atoms with Crippen molar-refractivity contribution < 1.29 is 9.53 Å². The molecule has 1 N–H and O–H groups in total. The molecule has 158 valence electrons. The predicted molar refractivity (Wildman–Crippen MR) is 117 cm³/mol. The number of benzene rings is 1. The summed E-state index contributed by atoms with van der Waals surface area (Å²) in [6.07, 6.45) is 8.72. The SMILES string of the molecule is COCCCN(Cc1cccn1Cc1ccccc1Cl)C(=O)NC1CCCCC1. The molecule has 0 spiro atoms. The van der Waals surface area contributed by atoms with Crippen LogP contribution in [0.4, 0.5) is 4.79 Å². The van der Waals surface area contributed by atoms with Gasteiger partial charge in [0.25, 0.3) is 0 Å². The molecule has 1 aliphatic carbocycles. The van der Waals surface area contributed by atoms with Gasteiger partial charge in [-0.25, -0.2) is 4.79 Å². The largest absolute Gasteiger partial charge is 0.385 e. The van der Waals surface area contributed by atoms with Crippen molar-refractivity contribution >= 4 is 17.6 Å². The van der Waals surface area contributed by atoms with Crippen molar-refractivity contribution in [1.29, 1.82) is 0 Å². The van der Waals surface area contributed by atoms with E-state index < -0.39 is 0 Å². The summed E-state index contributed by atoms with van der Waals surface area (Å²) in [4.78, 5) is 14.9. The summed E-state index contributed by atoms with van der Waals surface area (Å²) in [5, 5.41) is 4.02. The molecule has 1 aromatic heterocycles. The van der Waals surface area contributed by atoms with Gasteiger partial charge in [0.15, 0.2) is 0 Å². The minimum Gasteiger partial charge on any atom is -0.385 e. The van der Waals surface area contributed by atoms with E-state index >= 15 is 0 Å². The van der Waals surface area contributed by atoms with E-state index in [2.05, 4.69) is 16.0 Å². The summed E-state index contributed by atoms with van der Waals surface area (Å²) >= 11 is 6.34. The molecule has 0 bridgehead atoms. The highest BCUT2D eigenvalue weighted by Crippen LogP contribution is 2.20. The summed E-state index contributed by atoms with van der Waals surface area (Å²) in [5.41, 5.74) is 2.17. The Hall–Kier alpha value is -1.98. The molecule has 1 aromatic carbocycles. The highest BCUT2D eigenvalue weighted by Gasteiger charge is 2.21. The Morgan fingerprint density at radius 1 is 1.21 bits per heavy atom. The van der Waals surface area contributed by atoms with Crippen molar-refractivity contribution in [2.24, 2.45) is 0 Å².